The van der Waals surface area contributed by atoms with Crippen LogP contribution in [0, 0.1) is 5.92 Å². The van der Waals surface area contributed by atoms with Gasteiger partial charge in [0.1, 0.15) is 18.1 Å². The minimum absolute atomic E-state index is 0.0111. The van der Waals surface area contributed by atoms with Crippen LogP contribution in [0.5, 0.6) is 0 Å². The Morgan fingerprint density at radius 1 is 1.13 bits per heavy atom. The standard InChI is InChI=1S/C24H32N2O4/c1-3-30-24(29)20(14-13-17-9-5-4-6-10-17)25-16(2)22(27)26-19-12-8-7-11-18(19)15-21(26)23(25)28/h4-6,9-10,16,18-21H,3,7-8,11-15H2,1-2H3/t16-,18+,19-,20+,21-/m0/s1. The number of piperazine rings is 1. The van der Waals surface area contributed by atoms with E-state index in [1.54, 1.807) is 18.7 Å². The maximum atomic E-state index is 13.6. The van der Waals surface area contributed by atoms with E-state index < -0.39 is 24.1 Å². The van der Waals surface area contributed by atoms with Crippen LogP contribution in [0.1, 0.15) is 57.9 Å². The van der Waals surface area contributed by atoms with Gasteiger partial charge in [0, 0.05) is 6.04 Å². The molecule has 5 atom stereocenters. The highest BCUT2D eigenvalue weighted by atomic mass is 16.5. The number of carbonyl (C=O) groups is 3. The van der Waals surface area contributed by atoms with Crippen molar-refractivity contribution < 1.29 is 19.1 Å². The zero-order valence-electron chi connectivity index (χ0n) is 18.0. The normalized spacial score (nSPS) is 29.4. The zero-order valence-corrected chi connectivity index (χ0v) is 18.0. The van der Waals surface area contributed by atoms with Crippen LogP contribution >= 0.6 is 0 Å². The van der Waals surface area contributed by atoms with Crippen LogP contribution in [-0.4, -0.2) is 58.4 Å². The summed E-state index contributed by atoms with van der Waals surface area (Å²) < 4.78 is 5.33. The highest BCUT2D eigenvalue weighted by Crippen LogP contribution is 2.43. The first-order valence-electron chi connectivity index (χ1n) is 11.4. The molecule has 2 aliphatic heterocycles. The average molecular weight is 413 g/mol. The molecule has 0 spiro atoms. The summed E-state index contributed by atoms with van der Waals surface area (Å²) in [4.78, 5) is 43.2. The lowest BCUT2D eigenvalue weighted by molar-refractivity contribution is -0.170. The van der Waals surface area contributed by atoms with Gasteiger partial charge in [0.2, 0.25) is 11.8 Å². The van der Waals surface area contributed by atoms with Crippen molar-refractivity contribution in [3.05, 3.63) is 35.9 Å². The Labute approximate surface area is 178 Å². The van der Waals surface area contributed by atoms with Crippen LogP contribution in [0.15, 0.2) is 30.3 Å². The van der Waals surface area contributed by atoms with Crippen LogP contribution in [-0.2, 0) is 25.5 Å². The van der Waals surface area contributed by atoms with Crippen LogP contribution < -0.4 is 0 Å². The molecular weight excluding hydrogens is 380 g/mol. The number of hydrogen-bond donors (Lipinski definition) is 0. The number of amides is 2. The van der Waals surface area contributed by atoms with Gasteiger partial charge in [0.25, 0.3) is 0 Å². The van der Waals surface area contributed by atoms with Crippen LogP contribution in [0.4, 0.5) is 0 Å². The second-order valence-electron chi connectivity index (χ2n) is 8.82. The molecule has 0 N–H and O–H groups in total. The van der Waals surface area contributed by atoms with Crippen molar-refractivity contribution in [1.29, 1.82) is 0 Å². The highest BCUT2D eigenvalue weighted by Gasteiger charge is 2.55. The average Bonchev–Trinajstić information content (AvgIpc) is 3.15. The van der Waals surface area contributed by atoms with Gasteiger partial charge in [-0.05, 0) is 57.4 Å². The Morgan fingerprint density at radius 3 is 2.60 bits per heavy atom. The molecule has 2 heterocycles. The number of hydrogen-bond acceptors (Lipinski definition) is 4. The van der Waals surface area contributed by atoms with Crippen molar-refractivity contribution in [2.24, 2.45) is 5.92 Å². The molecule has 0 unspecified atom stereocenters. The molecule has 3 aliphatic rings. The summed E-state index contributed by atoms with van der Waals surface area (Å²) >= 11 is 0. The van der Waals surface area contributed by atoms with Gasteiger partial charge in [0.15, 0.2) is 0 Å². The molecule has 0 aromatic heterocycles. The fraction of sp³-hybridized carbons (Fsp3) is 0.625. The van der Waals surface area contributed by atoms with Crippen LogP contribution in [0.2, 0.25) is 0 Å². The Morgan fingerprint density at radius 2 is 1.87 bits per heavy atom. The van der Waals surface area contributed by atoms with Gasteiger partial charge < -0.3 is 14.5 Å². The van der Waals surface area contributed by atoms with Gasteiger partial charge in [-0.3, -0.25) is 9.59 Å². The first kappa shape index (κ1) is 20.9. The van der Waals surface area contributed by atoms with Crippen molar-refractivity contribution in [3.63, 3.8) is 0 Å². The second kappa shape index (κ2) is 8.78. The lowest BCUT2D eigenvalue weighted by Gasteiger charge is -2.46. The van der Waals surface area contributed by atoms with Crippen molar-refractivity contribution in [2.75, 3.05) is 6.61 Å². The van der Waals surface area contributed by atoms with Gasteiger partial charge in [-0.1, -0.05) is 43.2 Å². The number of fused-ring (bicyclic) bond motifs is 3. The SMILES string of the molecule is CCOC(=O)[C@@H](CCc1ccccc1)N1C(=O)[C@@H]2C[C@H]3CCCC[C@@H]3N2C(=O)[C@@H]1C. The van der Waals surface area contributed by atoms with Crippen molar-refractivity contribution in [3.8, 4) is 0 Å². The summed E-state index contributed by atoms with van der Waals surface area (Å²) in [5.74, 6) is -0.0925. The molecule has 4 rings (SSSR count). The molecule has 1 saturated carbocycles. The number of benzene rings is 1. The van der Waals surface area contributed by atoms with E-state index >= 15 is 0 Å². The molecule has 0 radical (unpaired) electrons. The number of aryl methyl sites for hydroxylation is 1. The predicted molar refractivity (Wildman–Crippen MR) is 112 cm³/mol. The largest absolute Gasteiger partial charge is 0.464 e. The topological polar surface area (TPSA) is 66.9 Å². The van der Waals surface area contributed by atoms with Crippen molar-refractivity contribution >= 4 is 17.8 Å². The summed E-state index contributed by atoms with van der Waals surface area (Å²) in [6.07, 6.45) is 6.19. The Hall–Kier alpha value is -2.37. The third kappa shape index (κ3) is 3.72. The minimum atomic E-state index is -0.735. The Balaban J connectivity index is 1.58. The van der Waals surface area contributed by atoms with E-state index in [4.69, 9.17) is 4.74 Å². The number of esters is 1. The van der Waals surface area contributed by atoms with E-state index in [1.165, 1.54) is 6.42 Å². The summed E-state index contributed by atoms with van der Waals surface area (Å²) in [6.45, 7) is 3.79. The van der Waals surface area contributed by atoms with Crippen LogP contribution in [0.3, 0.4) is 0 Å². The molecule has 30 heavy (non-hydrogen) atoms. The number of rotatable bonds is 6. The summed E-state index contributed by atoms with van der Waals surface area (Å²) in [5.41, 5.74) is 1.10. The molecular formula is C24H32N2O4. The van der Waals surface area contributed by atoms with Gasteiger partial charge in [-0.15, -0.1) is 0 Å². The molecule has 2 saturated heterocycles. The van der Waals surface area contributed by atoms with E-state index in [0.29, 0.717) is 18.8 Å². The fourth-order valence-electron chi connectivity index (χ4n) is 5.68. The lowest BCUT2D eigenvalue weighted by atomic mass is 9.85. The first-order valence-corrected chi connectivity index (χ1v) is 11.4. The monoisotopic (exact) mass is 412 g/mol. The summed E-state index contributed by atoms with van der Waals surface area (Å²) in [6, 6.07) is 8.30. The maximum absolute atomic E-state index is 13.6. The second-order valence-corrected chi connectivity index (χ2v) is 8.82. The first-order chi connectivity index (χ1) is 14.5. The van der Waals surface area contributed by atoms with E-state index in [2.05, 4.69) is 0 Å². The molecule has 162 valence electrons. The number of nitrogens with zero attached hydrogens (tertiary/aromatic N) is 2. The smallest absolute Gasteiger partial charge is 0.328 e. The molecule has 1 aromatic carbocycles. The van der Waals surface area contributed by atoms with Gasteiger partial charge in [0.05, 0.1) is 6.61 Å². The lowest BCUT2D eigenvalue weighted by Crippen LogP contribution is -2.67. The number of ether oxygens (including phenoxy) is 1. The van der Waals surface area contributed by atoms with E-state index in [1.807, 2.05) is 35.2 Å². The van der Waals surface area contributed by atoms with Gasteiger partial charge in [-0.25, -0.2) is 4.79 Å². The third-order valence-corrected chi connectivity index (χ3v) is 7.10. The van der Waals surface area contributed by atoms with Crippen LogP contribution in [0.25, 0.3) is 0 Å². The summed E-state index contributed by atoms with van der Waals surface area (Å²) in [5, 5.41) is 0. The molecule has 6 nitrogen and oxygen atoms in total. The number of carbonyl (C=O) groups excluding carboxylic acids is 3. The third-order valence-electron chi connectivity index (χ3n) is 7.10. The molecule has 6 heteroatoms. The van der Waals surface area contributed by atoms with Crippen molar-refractivity contribution in [1.82, 2.24) is 9.80 Å². The van der Waals surface area contributed by atoms with E-state index in [-0.39, 0.29) is 24.5 Å². The fourth-order valence-corrected chi connectivity index (χ4v) is 5.68. The highest BCUT2D eigenvalue weighted by molar-refractivity contribution is 5.99. The molecule has 1 aromatic rings. The molecule has 1 aliphatic carbocycles. The Kier molecular flexibility index (Phi) is 6.11. The van der Waals surface area contributed by atoms with E-state index in [9.17, 15) is 14.4 Å². The van der Waals surface area contributed by atoms with Crippen molar-refractivity contribution in [2.45, 2.75) is 83.0 Å². The van der Waals surface area contributed by atoms with E-state index in [0.717, 1.165) is 31.2 Å². The predicted octanol–water partition coefficient (Wildman–Crippen LogP) is 2.94. The zero-order chi connectivity index (χ0) is 21.3. The minimum Gasteiger partial charge on any atom is -0.464 e. The van der Waals surface area contributed by atoms with Gasteiger partial charge in [-0.2, -0.15) is 0 Å². The van der Waals surface area contributed by atoms with Gasteiger partial charge >= 0.3 is 5.97 Å². The molecule has 0 bridgehead atoms. The maximum Gasteiger partial charge on any atom is 0.328 e. The molecule has 3 fully saturated rings. The quantitative estimate of drug-likeness (QED) is 0.674. The Bertz CT molecular complexity index is 796. The molecule has 2 amide bonds. The summed E-state index contributed by atoms with van der Waals surface area (Å²) in [7, 11) is 0.